The van der Waals surface area contributed by atoms with Crippen LogP contribution in [0.15, 0.2) is 24.4 Å². The van der Waals surface area contributed by atoms with Crippen molar-refractivity contribution in [3.8, 4) is 10.7 Å². The lowest BCUT2D eigenvalue weighted by atomic mass is 10.3. The predicted molar refractivity (Wildman–Crippen MR) is 62.8 cm³/mol. The normalized spacial score (nSPS) is 10.5. The second-order valence-corrected chi connectivity index (χ2v) is 4.47. The van der Waals surface area contributed by atoms with E-state index >= 15 is 0 Å². The molecule has 0 saturated carbocycles. The van der Waals surface area contributed by atoms with E-state index in [1.807, 2.05) is 25.2 Å². The van der Waals surface area contributed by atoms with E-state index in [9.17, 15) is 0 Å². The number of aromatic nitrogens is 2. The van der Waals surface area contributed by atoms with E-state index in [4.69, 9.17) is 0 Å². The molecule has 0 aliphatic heterocycles. The third kappa shape index (κ3) is 2.22. The Balaban J connectivity index is 2.34. The molecule has 2 aromatic heterocycles. The number of nitrogens with zero attached hydrogens (tertiary/aromatic N) is 2. The number of rotatable bonds is 3. The molecule has 0 amide bonds. The van der Waals surface area contributed by atoms with Gasteiger partial charge in [0.1, 0.15) is 5.01 Å². The van der Waals surface area contributed by atoms with Gasteiger partial charge in [-0.15, -0.1) is 11.3 Å². The van der Waals surface area contributed by atoms with Gasteiger partial charge in [-0.25, -0.2) is 4.98 Å². The van der Waals surface area contributed by atoms with Gasteiger partial charge < -0.3 is 5.32 Å². The zero-order valence-corrected chi connectivity index (χ0v) is 9.64. The molecule has 0 atom stereocenters. The molecule has 0 unspecified atom stereocenters. The number of pyridine rings is 1. The molecule has 0 saturated heterocycles. The van der Waals surface area contributed by atoms with Crippen LogP contribution in [0.4, 0.5) is 0 Å². The first-order chi connectivity index (χ1) is 7.31. The van der Waals surface area contributed by atoms with Crippen LogP contribution >= 0.6 is 11.3 Å². The SMILES string of the molecule is CNCc1nc(-c2ccccn2)sc1C. The van der Waals surface area contributed by atoms with Crippen molar-refractivity contribution >= 4 is 11.3 Å². The van der Waals surface area contributed by atoms with Crippen LogP contribution in [0.25, 0.3) is 10.7 Å². The van der Waals surface area contributed by atoms with Crippen LogP contribution in [0, 0.1) is 6.92 Å². The van der Waals surface area contributed by atoms with E-state index in [-0.39, 0.29) is 0 Å². The highest BCUT2D eigenvalue weighted by Crippen LogP contribution is 2.25. The highest BCUT2D eigenvalue weighted by atomic mass is 32.1. The zero-order chi connectivity index (χ0) is 10.7. The smallest absolute Gasteiger partial charge is 0.142 e. The molecule has 2 aromatic rings. The van der Waals surface area contributed by atoms with Crippen LogP contribution in [0.1, 0.15) is 10.6 Å². The highest BCUT2D eigenvalue weighted by Gasteiger charge is 2.08. The van der Waals surface area contributed by atoms with E-state index < -0.39 is 0 Å². The standard InChI is InChI=1S/C11H13N3S/c1-8-10(7-12-2)14-11(15-8)9-5-3-4-6-13-9/h3-6,12H,7H2,1-2H3. The molecule has 0 bridgehead atoms. The van der Waals surface area contributed by atoms with Crippen molar-refractivity contribution < 1.29 is 0 Å². The number of hydrogen-bond acceptors (Lipinski definition) is 4. The van der Waals surface area contributed by atoms with Gasteiger partial charge >= 0.3 is 0 Å². The highest BCUT2D eigenvalue weighted by molar-refractivity contribution is 7.15. The van der Waals surface area contributed by atoms with Crippen molar-refractivity contribution in [3.63, 3.8) is 0 Å². The molecule has 0 fully saturated rings. The minimum Gasteiger partial charge on any atom is -0.314 e. The van der Waals surface area contributed by atoms with E-state index in [1.165, 1.54) is 4.88 Å². The van der Waals surface area contributed by atoms with Gasteiger partial charge in [-0.05, 0) is 26.1 Å². The predicted octanol–water partition coefficient (Wildman–Crippen LogP) is 2.23. The van der Waals surface area contributed by atoms with Crippen LogP contribution in [0.2, 0.25) is 0 Å². The fourth-order valence-corrected chi connectivity index (χ4v) is 2.27. The molecule has 0 aliphatic rings. The van der Waals surface area contributed by atoms with Crippen LogP contribution < -0.4 is 5.32 Å². The summed E-state index contributed by atoms with van der Waals surface area (Å²) in [6, 6.07) is 5.89. The van der Waals surface area contributed by atoms with E-state index in [1.54, 1.807) is 17.5 Å². The van der Waals surface area contributed by atoms with Crippen LogP contribution in [0.3, 0.4) is 0 Å². The average Bonchev–Trinajstić information content (AvgIpc) is 2.63. The first-order valence-corrected chi connectivity index (χ1v) is 5.65. The van der Waals surface area contributed by atoms with E-state index in [0.717, 1.165) is 22.9 Å². The Labute approximate surface area is 93.2 Å². The van der Waals surface area contributed by atoms with Crippen molar-refractivity contribution in [3.05, 3.63) is 35.0 Å². The molecule has 0 radical (unpaired) electrons. The molecule has 0 aromatic carbocycles. The monoisotopic (exact) mass is 219 g/mol. The van der Waals surface area contributed by atoms with Gasteiger partial charge in [-0.1, -0.05) is 6.07 Å². The Morgan fingerprint density at radius 3 is 2.93 bits per heavy atom. The topological polar surface area (TPSA) is 37.8 Å². The Kier molecular flexibility index (Phi) is 3.08. The average molecular weight is 219 g/mol. The maximum absolute atomic E-state index is 4.56. The van der Waals surface area contributed by atoms with Gasteiger partial charge in [-0.2, -0.15) is 0 Å². The third-order valence-corrected chi connectivity index (χ3v) is 3.16. The fourth-order valence-electron chi connectivity index (χ4n) is 1.36. The molecule has 0 spiro atoms. The van der Waals surface area contributed by atoms with Crippen LogP contribution in [-0.2, 0) is 6.54 Å². The fraction of sp³-hybridized carbons (Fsp3) is 0.273. The lowest BCUT2D eigenvalue weighted by Gasteiger charge is -1.94. The van der Waals surface area contributed by atoms with Crippen molar-refractivity contribution in [2.75, 3.05) is 7.05 Å². The summed E-state index contributed by atoms with van der Waals surface area (Å²) in [5, 5.41) is 4.11. The minimum absolute atomic E-state index is 0.815. The first-order valence-electron chi connectivity index (χ1n) is 4.83. The Hall–Kier alpha value is -1.26. The van der Waals surface area contributed by atoms with Gasteiger partial charge in [0, 0.05) is 17.6 Å². The van der Waals surface area contributed by atoms with Gasteiger partial charge in [0.15, 0.2) is 0 Å². The number of aryl methyl sites for hydroxylation is 1. The molecule has 15 heavy (non-hydrogen) atoms. The summed E-state index contributed by atoms with van der Waals surface area (Å²) in [6.45, 7) is 2.91. The molecule has 3 nitrogen and oxygen atoms in total. The summed E-state index contributed by atoms with van der Waals surface area (Å²) in [4.78, 5) is 10.1. The second kappa shape index (κ2) is 4.51. The summed E-state index contributed by atoms with van der Waals surface area (Å²) in [5.74, 6) is 0. The Morgan fingerprint density at radius 1 is 1.40 bits per heavy atom. The van der Waals surface area contributed by atoms with E-state index in [2.05, 4.69) is 22.2 Å². The maximum Gasteiger partial charge on any atom is 0.142 e. The van der Waals surface area contributed by atoms with Crippen molar-refractivity contribution in [1.82, 2.24) is 15.3 Å². The molecule has 4 heteroatoms. The lowest BCUT2D eigenvalue weighted by molar-refractivity contribution is 0.793. The summed E-state index contributed by atoms with van der Waals surface area (Å²) in [5.41, 5.74) is 2.07. The Morgan fingerprint density at radius 2 is 2.27 bits per heavy atom. The van der Waals surface area contributed by atoms with E-state index in [0.29, 0.717) is 0 Å². The Bertz CT molecular complexity index is 436. The summed E-state index contributed by atoms with van der Waals surface area (Å²) >= 11 is 1.69. The molecular formula is C11H13N3S. The van der Waals surface area contributed by atoms with Crippen LogP contribution in [-0.4, -0.2) is 17.0 Å². The summed E-state index contributed by atoms with van der Waals surface area (Å²) < 4.78 is 0. The molecule has 1 N–H and O–H groups in total. The van der Waals surface area contributed by atoms with Gasteiger partial charge in [0.2, 0.25) is 0 Å². The van der Waals surface area contributed by atoms with Crippen molar-refractivity contribution in [2.45, 2.75) is 13.5 Å². The van der Waals surface area contributed by atoms with Gasteiger partial charge in [-0.3, -0.25) is 4.98 Å². The number of nitrogens with one attached hydrogen (secondary N) is 1. The largest absolute Gasteiger partial charge is 0.314 e. The molecular weight excluding hydrogens is 206 g/mol. The maximum atomic E-state index is 4.56. The van der Waals surface area contributed by atoms with Crippen molar-refractivity contribution in [2.24, 2.45) is 0 Å². The lowest BCUT2D eigenvalue weighted by Crippen LogP contribution is -2.06. The second-order valence-electron chi connectivity index (χ2n) is 3.27. The summed E-state index contributed by atoms with van der Waals surface area (Å²) in [7, 11) is 1.93. The number of hydrogen-bond donors (Lipinski definition) is 1. The first kappa shape index (κ1) is 10.3. The summed E-state index contributed by atoms with van der Waals surface area (Å²) in [6.07, 6.45) is 1.80. The van der Waals surface area contributed by atoms with Gasteiger partial charge in [0.05, 0.1) is 11.4 Å². The molecule has 2 rings (SSSR count). The van der Waals surface area contributed by atoms with Crippen LogP contribution in [0.5, 0.6) is 0 Å². The molecule has 0 aliphatic carbocycles. The van der Waals surface area contributed by atoms with Gasteiger partial charge in [0.25, 0.3) is 0 Å². The minimum atomic E-state index is 0.815. The zero-order valence-electron chi connectivity index (χ0n) is 8.82. The quantitative estimate of drug-likeness (QED) is 0.860. The molecule has 2 heterocycles. The molecule has 78 valence electrons. The third-order valence-electron chi connectivity index (χ3n) is 2.12. The number of thiazole rings is 1. The van der Waals surface area contributed by atoms with Crippen molar-refractivity contribution in [1.29, 1.82) is 0 Å².